The summed E-state index contributed by atoms with van der Waals surface area (Å²) in [5, 5.41) is 3.42. The number of rotatable bonds is 7. The van der Waals surface area contributed by atoms with Crippen LogP contribution >= 0.6 is 0 Å². The van der Waals surface area contributed by atoms with Crippen molar-refractivity contribution in [1.29, 1.82) is 0 Å². The number of hydrogen-bond acceptors (Lipinski definition) is 4. The maximum Gasteiger partial charge on any atom is 0.309 e. The minimum Gasteiger partial charge on any atom is -0.489 e. The highest BCUT2D eigenvalue weighted by molar-refractivity contribution is 5.80. The van der Waals surface area contributed by atoms with Gasteiger partial charge in [0.2, 0.25) is 0 Å². The average molecular weight is 410 g/mol. The molecule has 1 aliphatic rings. The summed E-state index contributed by atoms with van der Waals surface area (Å²) >= 11 is 0. The topological polar surface area (TPSA) is 63.2 Å². The van der Waals surface area contributed by atoms with Crippen molar-refractivity contribution in [3.05, 3.63) is 65.7 Å². The van der Waals surface area contributed by atoms with Gasteiger partial charge in [0.15, 0.2) is 5.96 Å². The predicted octanol–water partition coefficient (Wildman–Crippen LogP) is 3.62. The highest BCUT2D eigenvalue weighted by Crippen LogP contribution is 2.19. The molecule has 0 spiro atoms. The van der Waals surface area contributed by atoms with E-state index in [0.29, 0.717) is 19.8 Å². The van der Waals surface area contributed by atoms with E-state index in [1.807, 2.05) is 37.3 Å². The van der Waals surface area contributed by atoms with E-state index in [1.54, 1.807) is 7.05 Å². The second kappa shape index (κ2) is 11.2. The fourth-order valence-electron chi connectivity index (χ4n) is 3.54. The van der Waals surface area contributed by atoms with E-state index >= 15 is 0 Å². The lowest BCUT2D eigenvalue weighted by Crippen LogP contribution is -2.46. The molecule has 0 bridgehead atoms. The van der Waals surface area contributed by atoms with E-state index in [4.69, 9.17) is 9.47 Å². The Labute approximate surface area is 178 Å². The number of esters is 1. The second-order valence-corrected chi connectivity index (χ2v) is 7.33. The summed E-state index contributed by atoms with van der Waals surface area (Å²) < 4.78 is 11.0. The summed E-state index contributed by atoms with van der Waals surface area (Å²) in [6.45, 7) is 5.14. The number of guanidine groups is 1. The molecule has 0 radical (unpaired) electrons. The molecule has 1 fully saturated rings. The van der Waals surface area contributed by atoms with Crippen LogP contribution < -0.4 is 10.1 Å². The second-order valence-electron chi connectivity index (χ2n) is 7.33. The van der Waals surface area contributed by atoms with Crippen LogP contribution in [-0.4, -0.2) is 43.6 Å². The summed E-state index contributed by atoms with van der Waals surface area (Å²) in [7, 11) is 1.79. The highest BCUT2D eigenvalue weighted by atomic mass is 16.5. The number of aliphatic imine (C=N–C) groups is 1. The number of nitrogens with one attached hydrogen (secondary N) is 1. The van der Waals surface area contributed by atoms with Gasteiger partial charge in [0.1, 0.15) is 12.4 Å². The van der Waals surface area contributed by atoms with Crippen LogP contribution in [0.25, 0.3) is 0 Å². The molecule has 0 aliphatic carbocycles. The van der Waals surface area contributed by atoms with Gasteiger partial charge in [-0.1, -0.05) is 42.5 Å². The van der Waals surface area contributed by atoms with Gasteiger partial charge in [0.25, 0.3) is 0 Å². The molecule has 1 N–H and O–H groups in total. The SMILES string of the molecule is CCOC(=O)C1CCN(C(=NC)NCc2ccc(OCc3ccccc3)cc2)CC1. The van der Waals surface area contributed by atoms with E-state index in [9.17, 15) is 4.79 Å². The summed E-state index contributed by atoms with van der Waals surface area (Å²) in [5.74, 6) is 1.65. The van der Waals surface area contributed by atoms with Gasteiger partial charge in [0, 0.05) is 26.7 Å². The molecule has 1 aliphatic heterocycles. The lowest BCUT2D eigenvalue weighted by atomic mass is 9.97. The fourth-order valence-corrected chi connectivity index (χ4v) is 3.54. The Morgan fingerprint density at radius 1 is 1.07 bits per heavy atom. The van der Waals surface area contributed by atoms with Crippen molar-refractivity contribution in [3.8, 4) is 5.75 Å². The summed E-state index contributed by atoms with van der Waals surface area (Å²) in [6.07, 6.45) is 1.60. The van der Waals surface area contributed by atoms with Gasteiger partial charge in [0.05, 0.1) is 12.5 Å². The van der Waals surface area contributed by atoms with Gasteiger partial charge >= 0.3 is 5.97 Å². The lowest BCUT2D eigenvalue weighted by molar-refractivity contribution is -0.149. The zero-order valence-corrected chi connectivity index (χ0v) is 17.8. The predicted molar refractivity (Wildman–Crippen MR) is 118 cm³/mol. The van der Waals surface area contributed by atoms with Crippen LogP contribution in [-0.2, 0) is 22.7 Å². The molecule has 0 saturated carbocycles. The maximum atomic E-state index is 11.9. The van der Waals surface area contributed by atoms with Gasteiger partial charge in [-0.05, 0) is 43.0 Å². The third-order valence-electron chi connectivity index (χ3n) is 5.25. The molecule has 1 heterocycles. The standard InChI is InChI=1S/C24H31N3O3/c1-3-29-23(28)21-13-15-27(16-14-21)24(25-2)26-17-19-9-11-22(12-10-19)30-18-20-7-5-4-6-8-20/h4-12,21H,3,13-18H2,1-2H3,(H,25,26). The van der Waals surface area contributed by atoms with Crippen LogP contribution in [0.3, 0.4) is 0 Å². The third-order valence-corrected chi connectivity index (χ3v) is 5.25. The van der Waals surface area contributed by atoms with Crippen LogP contribution in [0, 0.1) is 5.92 Å². The molecule has 0 amide bonds. The molecule has 6 heteroatoms. The van der Waals surface area contributed by atoms with Crippen LogP contribution in [0.2, 0.25) is 0 Å². The number of piperidine rings is 1. The highest BCUT2D eigenvalue weighted by Gasteiger charge is 2.27. The van der Waals surface area contributed by atoms with Gasteiger partial charge in [-0.15, -0.1) is 0 Å². The number of carbonyl (C=O) groups excluding carboxylic acids is 1. The normalized spacial score (nSPS) is 15.0. The van der Waals surface area contributed by atoms with Crippen LogP contribution in [0.5, 0.6) is 5.75 Å². The smallest absolute Gasteiger partial charge is 0.309 e. The molecule has 3 rings (SSSR count). The first-order chi connectivity index (χ1) is 14.7. The first kappa shape index (κ1) is 21.7. The molecular formula is C24H31N3O3. The Hall–Kier alpha value is -3.02. The van der Waals surface area contributed by atoms with E-state index in [2.05, 4.69) is 39.5 Å². The maximum absolute atomic E-state index is 11.9. The zero-order chi connectivity index (χ0) is 21.2. The van der Waals surface area contributed by atoms with E-state index in [0.717, 1.165) is 48.8 Å². The first-order valence-corrected chi connectivity index (χ1v) is 10.6. The minimum absolute atomic E-state index is 0.00253. The molecule has 2 aromatic rings. The van der Waals surface area contributed by atoms with Crippen molar-refractivity contribution in [3.63, 3.8) is 0 Å². The van der Waals surface area contributed by atoms with E-state index in [1.165, 1.54) is 0 Å². The molecule has 1 saturated heterocycles. The monoisotopic (exact) mass is 409 g/mol. The van der Waals surface area contributed by atoms with E-state index < -0.39 is 0 Å². The first-order valence-electron chi connectivity index (χ1n) is 10.6. The lowest BCUT2D eigenvalue weighted by Gasteiger charge is -2.33. The van der Waals surface area contributed by atoms with Gasteiger partial charge < -0.3 is 19.7 Å². The number of benzene rings is 2. The Morgan fingerprint density at radius 2 is 1.77 bits per heavy atom. The van der Waals surface area contributed by atoms with Crippen LogP contribution in [0.15, 0.2) is 59.6 Å². The quantitative estimate of drug-likeness (QED) is 0.430. The molecule has 0 atom stereocenters. The summed E-state index contributed by atoms with van der Waals surface area (Å²) in [6, 6.07) is 18.3. The van der Waals surface area contributed by atoms with Gasteiger partial charge in [-0.25, -0.2) is 0 Å². The number of hydrogen-bond donors (Lipinski definition) is 1. The molecular weight excluding hydrogens is 378 g/mol. The van der Waals surface area contributed by atoms with E-state index in [-0.39, 0.29) is 11.9 Å². The van der Waals surface area contributed by atoms with Gasteiger partial charge in [-0.3, -0.25) is 9.79 Å². The Morgan fingerprint density at radius 3 is 2.40 bits per heavy atom. The Kier molecular flexibility index (Phi) is 8.12. The van der Waals surface area contributed by atoms with Crippen LogP contribution in [0.1, 0.15) is 30.9 Å². The number of likely N-dealkylation sites (tertiary alicyclic amines) is 1. The fraction of sp³-hybridized carbons (Fsp3) is 0.417. The van der Waals surface area contributed by atoms with Crippen LogP contribution in [0.4, 0.5) is 0 Å². The van der Waals surface area contributed by atoms with Crippen molar-refractivity contribution in [2.24, 2.45) is 10.9 Å². The van der Waals surface area contributed by atoms with Crippen molar-refractivity contribution >= 4 is 11.9 Å². The van der Waals surface area contributed by atoms with Crippen molar-refractivity contribution < 1.29 is 14.3 Å². The zero-order valence-electron chi connectivity index (χ0n) is 17.8. The Balaban J connectivity index is 1.44. The number of nitrogens with zero attached hydrogens (tertiary/aromatic N) is 2. The molecule has 30 heavy (non-hydrogen) atoms. The van der Waals surface area contributed by atoms with Crippen molar-refractivity contribution in [2.75, 3.05) is 26.7 Å². The number of ether oxygens (including phenoxy) is 2. The Bertz CT molecular complexity index is 813. The molecule has 2 aromatic carbocycles. The minimum atomic E-state index is -0.0744. The molecule has 0 unspecified atom stereocenters. The molecule has 160 valence electrons. The largest absolute Gasteiger partial charge is 0.489 e. The average Bonchev–Trinajstić information content (AvgIpc) is 2.80. The number of carbonyl (C=O) groups is 1. The molecule has 6 nitrogen and oxygen atoms in total. The van der Waals surface area contributed by atoms with Crippen molar-refractivity contribution in [1.82, 2.24) is 10.2 Å². The third kappa shape index (κ3) is 6.24. The molecule has 0 aromatic heterocycles. The van der Waals surface area contributed by atoms with Gasteiger partial charge in [-0.2, -0.15) is 0 Å². The summed E-state index contributed by atoms with van der Waals surface area (Å²) in [5.41, 5.74) is 2.31. The summed E-state index contributed by atoms with van der Waals surface area (Å²) in [4.78, 5) is 18.5. The van der Waals surface area contributed by atoms with Crippen molar-refractivity contribution in [2.45, 2.75) is 32.9 Å².